The average molecular weight is 270 g/mol. The Bertz CT molecular complexity index is 557. The van der Waals surface area contributed by atoms with E-state index in [2.05, 4.69) is 4.98 Å². The molecule has 1 heterocycles. The summed E-state index contributed by atoms with van der Waals surface area (Å²) in [7, 11) is -3.75. The molecule has 0 unspecified atom stereocenters. The first-order valence-electron chi connectivity index (χ1n) is 5.88. The highest BCUT2D eigenvalue weighted by atomic mass is 32.2. The number of hydrogen-bond donors (Lipinski definition) is 1. The van der Waals surface area contributed by atoms with Gasteiger partial charge in [0, 0.05) is 17.7 Å². The summed E-state index contributed by atoms with van der Waals surface area (Å²) in [6.07, 6.45) is 3.48. The zero-order valence-corrected chi connectivity index (χ0v) is 11.6. The topological polar surface area (TPSA) is 82.3 Å². The third-order valence-corrected chi connectivity index (χ3v) is 3.56. The van der Waals surface area contributed by atoms with Crippen molar-refractivity contribution in [2.45, 2.75) is 50.0 Å². The standard InChI is InChI=1S/C12H18N2O3S/c1-12(2,3)11-10(17-8-4-5-8)6-9(7-14-11)18(13,15)16/h6-8H,4-5H2,1-3H3,(H2,13,15,16). The van der Waals surface area contributed by atoms with Crippen LogP contribution in [-0.4, -0.2) is 19.5 Å². The minimum atomic E-state index is -3.75. The Kier molecular flexibility index (Phi) is 3.11. The summed E-state index contributed by atoms with van der Waals surface area (Å²) < 4.78 is 28.4. The van der Waals surface area contributed by atoms with E-state index in [1.54, 1.807) is 0 Å². The van der Waals surface area contributed by atoms with Crippen molar-refractivity contribution in [2.24, 2.45) is 5.14 Å². The first-order chi connectivity index (χ1) is 8.18. The van der Waals surface area contributed by atoms with E-state index in [1.165, 1.54) is 12.3 Å². The van der Waals surface area contributed by atoms with Crippen LogP contribution in [0.15, 0.2) is 17.2 Å². The van der Waals surface area contributed by atoms with Crippen LogP contribution < -0.4 is 9.88 Å². The first kappa shape index (κ1) is 13.3. The summed E-state index contributed by atoms with van der Waals surface area (Å²) >= 11 is 0. The monoisotopic (exact) mass is 270 g/mol. The fourth-order valence-electron chi connectivity index (χ4n) is 1.60. The molecule has 1 aliphatic carbocycles. The van der Waals surface area contributed by atoms with Crippen LogP contribution in [0.5, 0.6) is 5.75 Å². The average Bonchev–Trinajstić information content (AvgIpc) is 2.98. The van der Waals surface area contributed by atoms with Crippen molar-refractivity contribution >= 4 is 10.0 Å². The summed E-state index contributed by atoms with van der Waals surface area (Å²) in [5.41, 5.74) is 0.544. The number of pyridine rings is 1. The van der Waals surface area contributed by atoms with Gasteiger partial charge in [0.25, 0.3) is 0 Å². The Hall–Kier alpha value is -1.14. The number of primary sulfonamides is 1. The lowest BCUT2D eigenvalue weighted by Crippen LogP contribution is -2.19. The lowest BCUT2D eigenvalue weighted by Gasteiger charge is -2.21. The van der Waals surface area contributed by atoms with E-state index in [0.29, 0.717) is 5.75 Å². The van der Waals surface area contributed by atoms with E-state index in [1.807, 2.05) is 20.8 Å². The molecule has 1 saturated carbocycles. The van der Waals surface area contributed by atoms with E-state index < -0.39 is 10.0 Å². The molecule has 0 spiro atoms. The molecule has 1 aliphatic rings. The summed E-state index contributed by atoms with van der Waals surface area (Å²) in [4.78, 5) is 4.20. The molecule has 2 rings (SSSR count). The third kappa shape index (κ3) is 3.00. The van der Waals surface area contributed by atoms with Crippen LogP contribution in [0.2, 0.25) is 0 Å². The molecule has 1 aromatic rings. The Labute approximate surface area is 107 Å². The highest BCUT2D eigenvalue weighted by Crippen LogP contribution is 2.35. The van der Waals surface area contributed by atoms with Gasteiger partial charge in [0.1, 0.15) is 10.6 Å². The minimum absolute atomic E-state index is 0.00819. The van der Waals surface area contributed by atoms with Crippen molar-refractivity contribution in [3.05, 3.63) is 18.0 Å². The van der Waals surface area contributed by atoms with Crippen LogP contribution in [0.25, 0.3) is 0 Å². The van der Waals surface area contributed by atoms with Gasteiger partial charge in [-0.25, -0.2) is 13.6 Å². The van der Waals surface area contributed by atoms with Gasteiger partial charge in [-0.3, -0.25) is 4.98 Å². The fourth-order valence-corrected chi connectivity index (χ4v) is 2.07. The van der Waals surface area contributed by atoms with Gasteiger partial charge < -0.3 is 4.74 Å². The fraction of sp³-hybridized carbons (Fsp3) is 0.583. The Morgan fingerprint density at radius 1 is 1.39 bits per heavy atom. The van der Waals surface area contributed by atoms with Crippen molar-refractivity contribution in [3.8, 4) is 5.75 Å². The SMILES string of the molecule is CC(C)(C)c1ncc(S(N)(=O)=O)cc1OC1CC1. The maximum atomic E-state index is 11.3. The molecule has 6 heteroatoms. The number of hydrogen-bond acceptors (Lipinski definition) is 4. The van der Waals surface area contributed by atoms with Crippen molar-refractivity contribution in [1.82, 2.24) is 4.98 Å². The predicted molar refractivity (Wildman–Crippen MR) is 68.0 cm³/mol. The normalized spacial score (nSPS) is 16.7. The minimum Gasteiger partial charge on any atom is -0.488 e. The largest absolute Gasteiger partial charge is 0.488 e. The predicted octanol–water partition coefficient (Wildman–Crippen LogP) is 1.57. The zero-order chi connectivity index (χ0) is 13.6. The van der Waals surface area contributed by atoms with Gasteiger partial charge >= 0.3 is 0 Å². The summed E-state index contributed by atoms with van der Waals surface area (Å²) in [6, 6.07) is 1.47. The number of aromatic nitrogens is 1. The molecule has 1 aromatic heterocycles. The lowest BCUT2D eigenvalue weighted by molar-refractivity contribution is 0.291. The zero-order valence-electron chi connectivity index (χ0n) is 10.8. The van der Waals surface area contributed by atoms with Gasteiger partial charge in [0.05, 0.1) is 11.8 Å². The Morgan fingerprint density at radius 3 is 2.44 bits per heavy atom. The molecule has 100 valence electrons. The number of nitrogens with zero attached hydrogens (tertiary/aromatic N) is 1. The molecular weight excluding hydrogens is 252 g/mol. The molecule has 0 amide bonds. The maximum Gasteiger partial charge on any atom is 0.239 e. The molecule has 1 fully saturated rings. The van der Waals surface area contributed by atoms with E-state index in [9.17, 15) is 8.42 Å². The Morgan fingerprint density at radius 2 is 2.00 bits per heavy atom. The van der Waals surface area contributed by atoms with E-state index >= 15 is 0 Å². The molecule has 0 aromatic carbocycles. The number of nitrogens with two attached hydrogens (primary N) is 1. The molecule has 18 heavy (non-hydrogen) atoms. The van der Waals surface area contributed by atoms with E-state index in [-0.39, 0.29) is 16.4 Å². The lowest BCUT2D eigenvalue weighted by atomic mass is 9.91. The maximum absolute atomic E-state index is 11.3. The van der Waals surface area contributed by atoms with E-state index in [4.69, 9.17) is 9.88 Å². The van der Waals surface area contributed by atoms with Crippen LogP contribution in [0, 0.1) is 0 Å². The molecule has 2 N–H and O–H groups in total. The second kappa shape index (κ2) is 4.20. The molecule has 5 nitrogen and oxygen atoms in total. The summed E-state index contributed by atoms with van der Waals surface area (Å²) in [6.45, 7) is 6.02. The number of ether oxygens (including phenoxy) is 1. The second-order valence-corrected chi connectivity index (χ2v) is 7.19. The summed E-state index contributed by atoms with van der Waals surface area (Å²) in [5, 5.41) is 5.11. The quantitative estimate of drug-likeness (QED) is 0.903. The molecule has 0 aliphatic heterocycles. The second-order valence-electron chi connectivity index (χ2n) is 5.63. The van der Waals surface area contributed by atoms with Gasteiger partial charge in [-0.1, -0.05) is 20.8 Å². The first-order valence-corrected chi connectivity index (χ1v) is 7.42. The van der Waals surface area contributed by atoms with Crippen molar-refractivity contribution in [3.63, 3.8) is 0 Å². The van der Waals surface area contributed by atoms with Gasteiger partial charge in [0.15, 0.2) is 0 Å². The molecule has 0 radical (unpaired) electrons. The smallest absolute Gasteiger partial charge is 0.239 e. The molecule has 0 bridgehead atoms. The van der Waals surface area contributed by atoms with Crippen molar-refractivity contribution < 1.29 is 13.2 Å². The van der Waals surface area contributed by atoms with Crippen LogP contribution >= 0.6 is 0 Å². The third-order valence-electron chi connectivity index (χ3n) is 2.68. The molecule has 0 atom stereocenters. The Balaban J connectivity index is 2.47. The van der Waals surface area contributed by atoms with Crippen molar-refractivity contribution in [1.29, 1.82) is 0 Å². The van der Waals surface area contributed by atoms with Gasteiger partial charge in [0.2, 0.25) is 10.0 Å². The van der Waals surface area contributed by atoms with Gasteiger partial charge in [-0.2, -0.15) is 0 Å². The molecule has 0 saturated heterocycles. The number of rotatable bonds is 3. The summed E-state index contributed by atoms with van der Waals surface area (Å²) in [5.74, 6) is 0.525. The highest BCUT2D eigenvalue weighted by Gasteiger charge is 2.29. The van der Waals surface area contributed by atoms with Crippen LogP contribution in [0.4, 0.5) is 0 Å². The van der Waals surface area contributed by atoms with E-state index in [0.717, 1.165) is 18.5 Å². The number of sulfonamides is 1. The van der Waals surface area contributed by atoms with Crippen LogP contribution in [-0.2, 0) is 15.4 Å². The van der Waals surface area contributed by atoms with Gasteiger partial charge in [-0.05, 0) is 12.8 Å². The van der Waals surface area contributed by atoms with Crippen LogP contribution in [0.1, 0.15) is 39.3 Å². The van der Waals surface area contributed by atoms with Crippen LogP contribution in [0.3, 0.4) is 0 Å². The van der Waals surface area contributed by atoms with Gasteiger partial charge in [-0.15, -0.1) is 0 Å². The highest BCUT2D eigenvalue weighted by molar-refractivity contribution is 7.89. The van der Waals surface area contributed by atoms with Crippen molar-refractivity contribution in [2.75, 3.05) is 0 Å². The molecular formula is C12H18N2O3S.